The third kappa shape index (κ3) is 2.39. The molecule has 0 bridgehead atoms. The fourth-order valence-corrected chi connectivity index (χ4v) is 2.21. The molecule has 0 saturated carbocycles. The Kier molecular flexibility index (Phi) is 3.41. The van der Waals surface area contributed by atoms with Gasteiger partial charge in [0.15, 0.2) is 11.5 Å². The van der Waals surface area contributed by atoms with Crippen LogP contribution in [-0.4, -0.2) is 14.5 Å². The molecular formula is C15H18N4O. The van der Waals surface area contributed by atoms with Crippen molar-refractivity contribution >= 4 is 16.8 Å². The number of nitrogens with zero attached hydrogens (tertiary/aromatic N) is 3. The van der Waals surface area contributed by atoms with Gasteiger partial charge in [-0.15, -0.1) is 0 Å². The first-order valence-electron chi connectivity index (χ1n) is 6.92. The molecule has 0 aliphatic rings. The zero-order valence-electron chi connectivity index (χ0n) is 11.8. The first-order valence-corrected chi connectivity index (χ1v) is 6.92. The maximum absolute atomic E-state index is 5.61. The quantitative estimate of drug-likeness (QED) is 0.773. The van der Waals surface area contributed by atoms with E-state index in [4.69, 9.17) is 4.42 Å². The smallest absolute Gasteiger partial charge is 0.195 e. The summed E-state index contributed by atoms with van der Waals surface area (Å²) < 4.78 is 7.73. The maximum Gasteiger partial charge on any atom is 0.195 e. The molecule has 0 fully saturated rings. The van der Waals surface area contributed by atoms with Gasteiger partial charge in [0.25, 0.3) is 0 Å². The van der Waals surface area contributed by atoms with Gasteiger partial charge < -0.3 is 14.3 Å². The van der Waals surface area contributed by atoms with Crippen LogP contribution < -0.4 is 5.32 Å². The molecule has 20 heavy (non-hydrogen) atoms. The Bertz CT molecular complexity index is 714. The minimum absolute atomic E-state index is 0.748. The molecule has 5 nitrogen and oxygen atoms in total. The van der Waals surface area contributed by atoms with Crippen molar-refractivity contribution in [3.8, 4) is 0 Å². The summed E-state index contributed by atoms with van der Waals surface area (Å²) in [5.41, 5.74) is 3.95. The molecule has 104 valence electrons. The number of hydrogen-bond donors (Lipinski definition) is 1. The Morgan fingerprint density at radius 2 is 2.20 bits per heavy atom. The van der Waals surface area contributed by atoms with Crippen molar-refractivity contribution in [2.75, 3.05) is 5.32 Å². The van der Waals surface area contributed by atoms with Crippen molar-refractivity contribution in [3.63, 3.8) is 0 Å². The van der Waals surface area contributed by atoms with Gasteiger partial charge in [-0.3, -0.25) is 0 Å². The number of aromatic nitrogens is 3. The SMILES string of the molecule is CCc1nc2cc(NCc3cncn3CC)ccc2o1. The average Bonchev–Trinajstić information content (AvgIpc) is 3.10. The molecule has 0 aliphatic carbocycles. The largest absolute Gasteiger partial charge is 0.441 e. The lowest BCUT2D eigenvalue weighted by Crippen LogP contribution is -2.05. The molecule has 3 rings (SSSR count). The monoisotopic (exact) mass is 270 g/mol. The number of anilines is 1. The van der Waals surface area contributed by atoms with Gasteiger partial charge in [-0.05, 0) is 25.1 Å². The molecule has 1 aromatic carbocycles. The van der Waals surface area contributed by atoms with Gasteiger partial charge in [0, 0.05) is 24.8 Å². The molecule has 0 aliphatic heterocycles. The van der Waals surface area contributed by atoms with E-state index in [0.29, 0.717) is 0 Å². The molecule has 0 unspecified atom stereocenters. The molecule has 0 spiro atoms. The average molecular weight is 270 g/mol. The Morgan fingerprint density at radius 1 is 1.30 bits per heavy atom. The highest BCUT2D eigenvalue weighted by Gasteiger charge is 2.05. The van der Waals surface area contributed by atoms with Crippen molar-refractivity contribution in [1.82, 2.24) is 14.5 Å². The highest BCUT2D eigenvalue weighted by atomic mass is 16.3. The van der Waals surface area contributed by atoms with E-state index >= 15 is 0 Å². The second-order valence-electron chi connectivity index (χ2n) is 4.67. The predicted molar refractivity (Wildman–Crippen MR) is 78.6 cm³/mol. The van der Waals surface area contributed by atoms with Crippen LogP contribution in [0.1, 0.15) is 25.4 Å². The summed E-state index contributed by atoms with van der Waals surface area (Å²) in [7, 11) is 0. The van der Waals surface area contributed by atoms with Gasteiger partial charge >= 0.3 is 0 Å². The second-order valence-corrected chi connectivity index (χ2v) is 4.67. The van der Waals surface area contributed by atoms with E-state index in [-0.39, 0.29) is 0 Å². The highest BCUT2D eigenvalue weighted by Crippen LogP contribution is 2.20. The number of nitrogens with one attached hydrogen (secondary N) is 1. The molecule has 0 amide bonds. The number of fused-ring (bicyclic) bond motifs is 1. The van der Waals surface area contributed by atoms with E-state index < -0.39 is 0 Å². The summed E-state index contributed by atoms with van der Waals surface area (Å²) in [6.45, 7) is 5.83. The molecule has 3 aromatic rings. The third-order valence-corrected chi connectivity index (χ3v) is 3.35. The first-order chi connectivity index (χ1) is 9.80. The number of benzene rings is 1. The Hall–Kier alpha value is -2.30. The van der Waals surface area contributed by atoms with Crippen LogP contribution in [0.25, 0.3) is 11.1 Å². The second kappa shape index (κ2) is 5.36. The van der Waals surface area contributed by atoms with Gasteiger partial charge in [0.1, 0.15) is 5.52 Å². The Morgan fingerprint density at radius 3 is 3.00 bits per heavy atom. The molecule has 0 saturated heterocycles. The summed E-state index contributed by atoms with van der Waals surface area (Å²) in [4.78, 5) is 8.61. The molecule has 5 heteroatoms. The van der Waals surface area contributed by atoms with Crippen molar-refractivity contribution in [2.45, 2.75) is 33.4 Å². The van der Waals surface area contributed by atoms with Crippen LogP contribution in [-0.2, 0) is 19.5 Å². The van der Waals surface area contributed by atoms with Crippen molar-refractivity contribution in [1.29, 1.82) is 0 Å². The fourth-order valence-electron chi connectivity index (χ4n) is 2.21. The number of aryl methyl sites for hydroxylation is 2. The molecule has 2 aromatic heterocycles. The van der Waals surface area contributed by atoms with Crippen LogP contribution in [0, 0.1) is 0 Å². The Labute approximate surface area is 117 Å². The molecule has 0 radical (unpaired) electrons. The van der Waals surface area contributed by atoms with Gasteiger partial charge in [-0.1, -0.05) is 6.92 Å². The van der Waals surface area contributed by atoms with Crippen molar-refractivity contribution in [3.05, 3.63) is 42.3 Å². The van der Waals surface area contributed by atoms with Crippen LogP contribution in [0.5, 0.6) is 0 Å². The zero-order valence-corrected chi connectivity index (χ0v) is 11.8. The molecule has 2 heterocycles. The third-order valence-electron chi connectivity index (χ3n) is 3.35. The van der Waals surface area contributed by atoms with Crippen LogP contribution in [0.2, 0.25) is 0 Å². The van der Waals surface area contributed by atoms with E-state index in [2.05, 4.69) is 26.8 Å². The first kappa shape index (κ1) is 12.7. The minimum Gasteiger partial charge on any atom is -0.441 e. The zero-order chi connectivity index (χ0) is 13.9. The summed E-state index contributed by atoms with van der Waals surface area (Å²) >= 11 is 0. The summed E-state index contributed by atoms with van der Waals surface area (Å²) in [6.07, 6.45) is 4.55. The van der Waals surface area contributed by atoms with Crippen molar-refractivity contribution < 1.29 is 4.42 Å². The number of hydrogen-bond acceptors (Lipinski definition) is 4. The van der Waals surface area contributed by atoms with E-state index in [0.717, 1.165) is 42.2 Å². The number of rotatable bonds is 5. The van der Waals surface area contributed by atoms with E-state index in [1.165, 1.54) is 5.69 Å². The molecule has 1 N–H and O–H groups in total. The van der Waals surface area contributed by atoms with Crippen LogP contribution in [0.15, 0.2) is 35.1 Å². The summed E-state index contributed by atoms with van der Waals surface area (Å²) in [6, 6.07) is 5.99. The topological polar surface area (TPSA) is 55.9 Å². The summed E-state index contributed by atoms with van der Waals surface area (Å²) in [5.74, 6) is 0.779. The van der Waals surface area contributed by atoms with Gasteiger partial charge in [0.05, 0.1) is 18.6 Å². The summed E-state index contributed by atoms with van der Waals surface area (Å²) in [5, 5.41) is 3.40. The predicted octanol–water partition coefficient (Wildman–Crippen LogP) is 3.22. The van der Waals surface area contributed by atoms with Crippen LogP contribution >= 0.6 is 0 Å². The lowest BCUT2D eigenvalue weighted by molar-refractivity contribution is 0.538. The van der Waals surface area contributed by atoms with Crippen LogP contribution in [0.3, 0.4) is 0 Å². The maximum atomic E-state index is 5.61. The Balaban J connectivity index is 1.77. The van der Waals surface area contributed by atoms with Crippen molar-refractivity contribution in [2.24, 2.45) is 0 Å². The van der Waals surface area contributed by atoms with E-state index in [1.54, 1.807) is 0 Å². The molecular weight excluding hydrogens is 252 g/mol. The van der Waals surface area contributed by atoms with Gasteiger partial charge in [-0.25, -0.2) is 9.97 Å². The normalized spacial score (nSPS) is 11.1. The highest BCUT2D eigenvalue weighted by molar-refractivity contribution is 5.77. The minimum atomic E-state index is 0.748. The lowest BCUT2D eigenvalue weighted by atomic mass is 10.3. The van der Waals surface area contributed by atoms with Gasteiger partial charge in [-0.2, -0.15) is 0 Å². The molecule has 0 atom stereocenters. The van der Waals surface area contributed by atoms with Gasteiger partial charge in [0.2, 0.25) is 0 Å². The van der Waals surface area contributed by atoms with E-state index in [9.17, 15) is 0 Å². The standard InChI is InChI=1S/C15H18N4O/c1-3-15-18-13-7-11(5-6-14(13)20-15)17-9-12-8-16-10-19(12)4-2/h5-8,10,17H,3-4,9H2,1-2H3. The number of oxazole rings is 1. The number of imidazole rings is 1. The lowest BCUT2D eigenvalue weighted by Gasteiger charge is -2.08. The fraction of sp³-hybridized carbons (Fsp3) is 0.333. The van der Waals surface area contributed by atoms with E-state index in [1.807, 2.05) is 37.6 Å². The van der Waals surface area contributed by atoms with Crippen LogP contribution in [0.4, 0.5) is 5.69 Å².